The summed E-state index contributed by atoms with van der Waals surface area (Å²) < 4.78 is 15.5. The van der Waals surface area contributed by atoms with Gasteiger partial charge in [-0.25, -0.2) is 4.79 Å². The molecule has 138 valence electrons. The van der Waals surface area contributed by atoms with Gasteiger partial charge in [-0.3, -0.25) is 4.79 Å². The molecule has 0 bridgehead atoms. The summed E-state index contributed by atoms with van der Waals surface area (Å²) in [6.07, 6.45) is 0. The van der Waals surface area contributed by atoms with Crippen molar-refractivity contribution in [3.05, 3.63) is 53.6 Å². The molecule has 2 aromatic rings. The Morgan fingerprint density at radius 3 is 2.54 bits per heavy atom. The number of phenols is 1. The van der Waals surface area contributed by atoms with Crippen molar-refractivity contribution in [1.29, 1.82) is 0 Å². The van der Waals surface area contributed by atoms with E-state index in [2.05, 4.69) is 5.32 Å². The number of nitrogens with one attached hydrogen (secondary N) is 1. The summed E-state index contributed by atoms with van der Waals surface area (Å²) in [5.74, 6) is 0.0359. The number of carbonyl (C=O) groups excluding carboxylic acids is 2. The van der Waals surface area contributed by atoms with Gasteiger partial charge < -0.3 is 24.6 Å². The molecule has 0 saturated heterocycles. The average Bonchev–Trinajstić information content (AvgIpc) is 2.65. The smallest absolute Gasteiger partial charge is 0.338 e. The minimum atomic E-state index is -0.692. The minimum Gasteiger partial charge on any atom is -0.508 e. The summed E-state index contributed by atoms with van der Waals surface area (Å²) in [4.78, 5) is 24.0. The van der Waals surface area contributed by atoms with E-state index in [1.165, 1.54) is 31.4 Å². The van der Waals surface area contributed by atoms with Crippen LogP contribution in [0.1, 0.15) is 28.9 Å². The number of hydrogen-bond acceptors (Lipinski definition) is 6. The second-order valence-corrected chi connectivity index (χ2v) is 5.52. The first-order valence-corrected chi connectivity index (χ1v) is 7.92. The van der Waals surface area contributed by atoms with Crippen molar-refractivity contribution >= 4 is 11.9 Å². The van der Waals surface area contributed by atoms with E-state index in [0.29, 0.717) is 11.5 Å². The van der Waals surface area contributed by atoms with Crippen molar-refractivity contribution in [2.75, 3.05) is 20.8 Å². The quantitative estimate of drug-likeness (QED) is 0.738. The van der Waals surface area contributed by atoms with Crippen molar-refractivity contribution in [3.8, 4) is 17.2 Å². The van der Waals surface area contributed by atoms with Gasteiger partial charge in [0, 0.05) is 5.56 Å². The van der Waals surface area contributed by atoms with Gasteiger partial charge in [0.1, 0.15) is 17.2 Å². The second-order valence-electron chi connectivity index (χ2n) is 5.52. The third-order valence-corrected chi connectivity index (χ3v) is 3.70. The number of carbonyl (C=O) groups is 2. The molecule has 0 unspecified atom stereocenters. The average molecular weight is 359 g/mol. The van der Waals surface area contributed by atoms with Crippen LogP contribution in [0.4, 0.5) is 0 Å². The molecule has 0 aliphatic carbocycles. The topological polar surface area (TPSA) is 94.1 Å². The standard InChI is InChI=1S/C19H21NO6/c1-12(16-10-15(24-2)7-8-17(16)25-3)20-18(22)11-26-19(23)13-5-4-6-14(21)9-13/h4-10,12,21H,11H2,1-3H3,(H,20,22)/t12-/m0/s1. The molecule has 0 radical (unpaired) electrons. The predicted molar refractivity (Wildman–Crippen MR) is 94.5 cm³/mol. The summed E-state index contributed by atoms with van der Waals surface area (Å²) in [5.41, 5.74) is 0.903. The summed E-state index contributed by atoms with van der Waals surface area (Å²) in [6.45, 7) is 1.34. The fraction of sp³-hybridized carbons (Fsp3) is 0.263. The Bertz CT molecular complexity index is 789. The number of rotatable bonds is 7. The zero-order valence-electron chi connectivity index (χ0n) is 14.8. The number of esters is 1. The van der Waals surface area contributed by atoms with Crippen LogP contribution in [-0.4, -0.2) is 37.8 Å². The number of aromatic hydroxyl groups is 1. The fourth-order valence-electron chi connectivity index (χ4n) is 2.39. The van der Waals surface area contributed by atoms with Gasteiger partial charge >= 0.3 is 5.97 Å². The molecule has 0 aromatic heterocycles. The first-order chi connectivity index (χ1) is 12.4. The van der Waals surface area contributed by atoms with Crippen LogP contribution >= 0.6 is 0 Å². The van der Waals surface area contributed by atoms with Crippen LogP contribution in [0.15, 0.2) is 42.5 Å². The molecule has 0 heterocycles. The summed E-state index contributed by atoms with van der Waals surface area (Å²) in [5, 5.41) is 12.1. The Hall–Kier alpha value is -3.22. The van der Waals surface area contributed by atoms with Gasteiger partial charge in [0.15, 0.2) is 6.61 Å². The van der Waals surface area contributed by atoms with Crippen molar-refractivity contribution in [2.24, 2.45) is 0 Å². The Morgan fingerprint density at radius 1 is 1.12 bits per heavy atom. The van der Waals surface area contributed by atoms with Crippen LogP contribution < -0.4 is 14.8 Å². The van der Waals surface area contributed by atoms with E-state index in [0.717, 1.165) is 5.56 Å². The van der Waals surface area contributed by atoms with Crippen molar-refractivity contribution in [2.45, 2.75) is 13.0 Å². The molecule has 2 N–H and O–H groups in total. The summed E-state index contributed by atoms with van der Waals surface area (Å²) >= 11 is 0. The highest BCUT2D eigenvalue weighted by Gasteiger charge is 2.17. The van der Waals surface area contributed by atoms with Crippen LogP contribution in [0.25, 0.3) is 0 Å². The third kappa shape index (κ3) is 4.89. The largest absolute Gasteiger partial charge is 0.508 e. The van der Waals surface area contributed by atoms with Gasteiger partial charge in [0.05, 0.1) is 25.8 Å². The van der Waals surface area contributed by atoms with E-state index in [4.69, 9.17) is 14.2 Å². The molecule has 7 nitrogen and oxygen atoms in total. The van der Waals surface area contributed by atoms with E-state index in [1.54, 1.807) is 32.2 Å². The molecule has 0 saturated carbocycles. The van der Waals surface area contributed by atoms with E-state index in [9.17, 15) is 14.7 Å². The Labute approximate surface area is 151 Å². The molecular weight excluding hydrogens is 338 g/mol. The normalized spacial score (nSPS) is 11.3. The molecule has 2 rings (SSSR count). The lowest BCUT2D eigenvalue weighted by molar-refractivity contribution is -0.124. The monoisotopic (exact) mass is 359 g/mol. The molecule has 26 heavy (non-hydrogen) atoms. The highest BCUT2D eigenvalue weighted by molar-refractivity contribution is 5.91. The second kappa shape index (κ2) is 8.75. The van der Waals surface area contributed by atoms with E-state index >= 15 is 0 Å². The van der Waals surface area contributed by atoms with Crippen molar-refractivity contribution < 1.29 is 28.9 Å². The lowest BCUT2D eigenvalue weighted by Crippen LogP contribution is -2.31. The lowest BCUT2D eigenvalue weighted by Gasteiger charge is -2.18. The predicted octanol–water partition coefficient (Wildman–Crippen LogP) is 2.44. The van der Waals surface area contributed by atoms with Gasteiger partial charge in [-0.1, -0.05) is 6.07 Å². The van der Waals surface area contributed by atoms with Crippen LogP contribution in [0, 0.1) is 0 Å². The molecule has 1 amide bonds. The molecule has 0 aliphatic heterocycles. The van der Waals surface area contributed by atoms with Crippen LogP contribution in [0.5, 0.6) is 17.2 Å². The number of amides is 1. The molecule has 0 fully saturated rings. The Balaban J connectivity index is 1.96. The fourth-order valence-corrected chi connectivity index (χ4v) is 2.39. The Kier molecular flexibility index (Phi) is 6.43. The van der Waals surface area contributed by atoms with Crippen molar-refractivity contribution in [3.63, 3.8) is 0 Å². The number of benzene rings is 2. The van der Waals surface area contributed by atoms with Gasteiger partial charge in [0.2, 0.25) is 0 Å². The SMILES string of the molecule is COc1ccc(OC)c([C@H](C)NC(=O)COC(=O)c2cccc(O)c2)c1. The maximum Gasteiger partial charge on any atom is 0.338 e. The number of hydrogen-bond donors (Lipinski definition) is 2. The van der Waals surface area contributed by atoms with E-state index in [1.807, 2.05) is 0 Å². The number of phenolic OH excluding ortho intramolecular Hbond substituents is 1. The molecule has 7 heteroatoms. The number of methoxy groups -OCH3 is 2. The maximum absolute atomic E-state index is 12.1. The highest BCUT2D eigenvalue weighted by atomic mass is 16.5. The summed E-state index contributed by atoms with van der Waals surface area (Å²) in [6, 6.07) is 10.6. The molecule has 0 aliphatic rings. The molecule has 2 aromatic carbocycles. The van der Waals surface area contributed by atoms with E-state index < -0.39 is 18.5 Å². The molecule has 0 spiro atoms. The maximum atomic E-state index is 12.1. The molecule has 1 atom stereocenters. The van der Waals surface area contributed by atoms with E-state index in [-0.39, 0.29) is 17.4 Å². The van der Waals surface area contributed by atoms with Gasteiger partial charge in [-0.2, -0.15) is 0 Å². The minimum absolute atomic E-state index is 0.0531. The van der Waals surface area contributed by atoms with Crippen LogP contribution in [-0.2, 0) is 9.53 Å². The number of ether oxygens (including phenoxy) is 3. The van der Waals surface area contributed by atoms with Gasteiger partial charge in [-0.05, 0) is 43.3 Å². The highest BCUT2D eigenvalue weighted by Crippen LogP contribution is 2.29. The first kappa shape index (κ1) is 19.1. The van der Waals surface area contributed by atoms with Gasteiger partial charge in [-0.15, -0.1) is 0 Å². The third-order valence-electron chi connectivity index (χ3n) is 3.70. The molecular formula is C19H21NO6. The lowest BCUT2D eigenvalue weighted by atomic mass is 10.1. The summed E-state index contributed by atoms with van der Waals surface area (Å²) in [7, 11) is 3.09. The van der Waals surface area contributed by atoms with Crippen LogP contribution in [0.3, 0.4) is 0 Å². The Morgan fingerprint density at radius 2 is 1.88 bits per heavy atom. The first-order valence-electron chi connectivity index (χ1n) is 7.92. The van der Waals surface area contributed by atoms with Crippen LogP contribution in [0.2, 0.25) is 0 Å². The van der Waals surface area contributed by atoms with Crippen molar-refractivity contribution in [1.82, 2.24) is 5.32 Å². The zero-order chi connectivity index (χ0) is 19.1. The zero-order valence-corrected chi connectivity index (χ0v) is 14.8. The van der Waals surface area contributed by atoms with Gasteiger partial charge in [0.25, 0.3) is 5.91 Å².